The highest BCUT2D eigenvalue weighted by molar-refractivity contribution is 5.94. The number of hydrogen-bond acceptors (Lipinski definition) is 6. The molecule has 0 spiro atoms. The number of rotatable bonds is 5. The maximum absolute atomic E-state index is 13.1. The minimum Gasteiger partial charge on any atom is -0.358 e. The number of hydrogen-bond donors (Lipinski definition) is 1. The van der Waals surface area contributed by atoms with E-state index >= 15 is 0 Å². The van der Waals surface area contributed by atoms with Crippen molar-refractivity contribution in [2.45, 2.75) is 43.9 Å². The summed E-state index contributed by atoms with van der Waals surface area (Å²) in [7, 11) is 1.89. The maximum Gasteiger partial charge on any atom is 0.434 e. The number of alkyl halides is 3. The Hall–Kier alpha value is -3.96. The topological polar surface area (TPSA) is 93.2 Å². The number of nitrogens with one attached hydrogen (secondary N) is 1. The number of aromatic nitrogens is 6. The summed E-state index contributed by atoms with van der Waals surface area (Å²) in [5.74, 6) is 0.508. The Balaban J connectivity index is 1.20. The van der Waals surface area contributed by atoms with Crippen molar-refractivity contribution in [3.05, 3.63) is 66.2 Å². The number of benzene rings is 1. The van der Waals surface area contributed by atoms with E-state index < -0.39 is 11.9 Å². The van der Waals surface area contributed by atoms with Crippen LogP contribution in [0.15, 0.2) is 55.0 Å². The lowest BCUT2D eigenvalue weighted by Gasteiger charge is -2.36. The Kier molecular flexibility index (Phi) is 5.87. The monoisotopic (exact) mass is 484 g/mol. The van der Waals surface area contributed by atoms with Gasteiger partial charge in [-0.15, -0.1) is 5.10 Å². The Bertz CT molecular complexity index is 1310. The Morgan fingerprint density at radius 1 is 1.09 bits per heavy atom. The van der Waals surface area contributed by atoms with Crippen molar-refractivity contribution in [3.63, 3.8) is 0 Å². The number of carbonyl (C=O) groups excluding carboxylic acids is 1. The van der Waals surface area contributed by atoms with Crippen LogP contribution in [0, 0.1) is 0 Å². The quantitative estimate of drug-likeness (QED) is 0.466. The van der Waals surface area contributed by atoms with Crippen LogP contribution in [0.3, 0.4) is 0 Å². The molecule has 182 valence electrons. The van der Waals surface area contributed by atoms with Gasteiger partial charge in [0.2, 0.25) is 0 Å². The molecule has 1 aliphatic carbocycles. The lowest BCUT2D eigenvalue weighted by molar-refractivity contribution is -0.140. The molecule has 1 N–H and O–H groups in total. The van der Waals surface area contributed by atoms with Crippen molar-refractivity contribution in [2.75, 3.05) is 11.9 Å². The second-order valence-electron chi connectivity index (χ2n) is 8.63. The predicted molar refractivity (Wildman–Crippen MR) is 121 cm³/mol. The highest BCUT2D eigenvalue weighted by Crippen LogP contribution is 2.31. The van der Waals surface area contributed by atoms with E-state index in [1.165, 1.54) is 15.4 Å². The van der Waals surface area contributed by atoms with Gasteiger partial charge in [-0.25, -0.2) is 9.67 Å². The molecule has 0 aliphatic heterocycles. The first-order valence-corrected chi connectivity index (χ1v) is 11.2. The van der Waals surface area contributed by atoms with Crippen LogP contribution < -0.4 is 10.2 Å². The number of carbonyl (C=O) groups is 1. The summed E-state index contributed by atoms with van der Waals surface area (Å²) < 4.78 is 42.4. The fourth-order valence-corrected chi connectivity index (χ4v) is 4.53. The summed E-state index contributed by atoms with van der Waals surface area (Å²) in [6.45, 7) is 0. The van der Waals surface area contributed by atoms with Gasteiger partial charge in [0.05, 0.1) is 5.69 Å². The number of anilines is 1. The molecule has 1 amide bonds. The number of amides is 1. The number of imidazole rings is 1. The number of fused-ring (bicyclic) bond motifs is 1. The molecule has 0 bridgehead atoms. The Morgan fingerprint density at radius 2 is 1.83 bits per heavy atom. The number of nitrogens with zero attached hydrogens (tertiary/aromatic N) is 7. The van der Waals surface area contributed by atoms with Crippen LogP contribution in [0.1, 0.15) is 41.7 Å². The summed E-state index contributed by atoms with van der Waals surface area (Å²) in [6.07, 6.45) is 1.18. The molecule has 3 heterocycles. The van der Waals surface area contributed by atoms with Crippen LogP contribution in [-0.2, 0) is 6.18 Å². The molecule has 1 saturated carbocycles. The third-order valence-corrected chi connectivity index (χ3v) is 6.45. The van der Waals surface area contributed by atoms with E-state index in [0.29, 0.717) is 11.4 Å². The lowest BCUT2D eigenvalue weighted by Crippen LogP contribution is -2.43. The van der Waals surface area contributed by atoms with E-state index in [9.17, 15) is 18.0 Å². The second kappa shape index (κ2) is 9.01. The van der Waals surface area contributed by atoms with Gasteiger partial charge in [0.1, 0.15) is 17.8 Å². The Labute approximate surface area is 198 Å². The average molecular weight is 484 g/mol. The van der Waals surface area contributed by atoms with Crippen LogP contribution >= 0.6 is 0 Å². The first-order valence-electron chi connectivity index (χ1n) is 11.2. The third-order valence-electron chi connectivity index (χ3n) is 6.45. The fourth-order valence-electron chi connectivity index (χ4n) is 4.53. The van der Waals surface area contributed by atoms with Crippen molar-refractivity contribution in [3.8, 4) is 5.69 Å². The van der Waals surface area contributed by atoms with Crippen LogP contribution in [0.5, 0.6) is 0 Å². The summed E-state index contributed by atoms with van der Waals surface area (Å²) in [5, 5.41) is 14.1. The van der Waals surface area contributed by atoms with Crippen molar-refractivity contribution >= 4 is 17.4 Å². The van der Waals surface area contributed by atoms with Gasteiger partial charge in [0.15, 0.2) is 5.69 Å². The fraction of sp³-hybridized carbons (Fsp3) is 0.348. The third kappa shape index (κ3) is 4.68. The molecular formula is C23H23F3N8O. The van der Waals surface area contributed by atoms with E-state index in [-0.39, 0.29) is 23.6 Å². The lowest BCUT2D eigenvalue weighted by atomic mass is 9.90. The zero-order valence-corrected chi connectivity index (χ0v) is 18.9. The zero-order chi connectivity index (χ0) is 24.6. The predicted octanol–water partition coefficient (Wildman–Crippen LogP) is 3.51. The molecular weight excluding hydrogens is 461 g/mol. The largest absolute Gasteiger partial charge is 0.434 e. The molecule has 1 fully saturated rings. The first-order chi connectivity index (χ1) is 16.8. The summed E-state index contributed by atoms with van der Waals surface area (Å²) in [5.41, 5.74) is 0.656. The summed E-state index contributed by atoms with van der Waals surface area (Å²) in [4.78, 5) is 18.4. The van der Waals surface area contributed by atoms with Gasteiger partial charge < -0.3 is 10.2 Å². The van der Waals surface area contributed by atoms with E-state index in [0.717, 1.165) is 37.6 Å². The van der Waals surface area contributed by atoms with Gasteiger partial charge in [-0.2, -0.15) is 13.2 Å². The van der Waals surface area contributed by atoms with E-state index in [2.05, 4.69) is 25.8 Å². The number of pyridine rings is 1. The number of halogens is 3. The van der Waals surface area contributed by atoms with Crippen LogP contribution in [0.4, 0.5) is 19.0 Å². The molecule has 4 aromatic rings. The SMILES string of the molecule is CN(c1cccc2nc(C(F)(F)F)cn12)[C@H]1CC[C@@H](NC(=O)c2ccc(-n3cnnn3)cc2)CC1. The molecule has 35 heavy (non-hydrogen) atoms. The molecule has 0 unspecified atom stereocenters. The van der Waals surface area contributed by atoms with Gasteiger partial charge in [-0.05, 0) is 72.5 Å². The molecule has 1 aromatic carbocycles. The smallest absolute Gasteiger partial charge is 0.358 e. The standard InChI is InChI=1S/C23H23F3N8O/c1-32(21-4-2-3-20-29-19(13-33(20)21)23(24,25)26)17-11-7-16(8-12-17)28-22(35)15-5-9-18(10-6-15)34-14-27-30-31-34/h2-6,9-10,13-14,16-17H,7-8,11-12H2,1H3,(H,28,35)/t16-,17+. The molecule has 0 atom stereocenters. The van der Waals surface area contributed by atoms with Crippen LogP contribution in [0.25, 0.3) is 11.3 Å². The summed E-state index contributed by atoms with van der Waals surface area (Å²) in [6, 6.07) is 12.3. The van der Waals surface area contributed by atoms with Gasteiger partial charge in [0, 0.05) is 30.9 Å². The molecule has 1 aliphatic rings. The molecule has 0 saturated heterocycles. The van der Waals surface area contributed by atoms with E-state index in [4.69, 9.17) is 0 Å². The molecule has 9 nitrogen and oxygen atoms in total. The first kappa shape index (κ1) is 22.8. The van der Waals surface area contributed by atoms with Gasteiger partial charge in [0.25, 0.3) is 5.91 Å². The van der Waals surface area contributed by atoms with Crippen molar-refractivity contribution < 1.29 is 18.0 Å². The number of tetrazole rings is 1. The van der Waals surface area contributed by atoms with Crippen molar-refractivity contribution in [2.24, 2.45) is 0 Å². The van der Waals surface area contributed by atoms with Gasteiger partial charge in [-0.3, -0.25) is 9.20 Å². The normalized spacial score (nSPS) is 18.5. The maximum atomic E-state index is 13.1. The summed E-state index contributed by atoms with van der Waals surface area (Å²) >= 11 is 0. The van der Waals surface area contributed by atoms with Gasteiger partial charge >= 0.3 is 6.18 Å². The minimum absolute atomic E-state index is 0.0345. The highest BCUT2D eigenvalue weighted by Gasteiger charge is 2.34. The van der Waals surface area contributed by atoms with E-state index in [1.807, 2.05) is 11.9 Å². The Morgan fingerprint density at radius 3 is 2.49 bits per heavy atom. The molecule has 0 radical (unpaired) electrons. The molecule has 5 rings (SSSR count). The zero-order valence-electron chi connectivity index (χ0n) is 18.9. The average Bonchev–Trinajstić information content (AvgIpc) is 3.54. The van der Waals surface area contributed by atoms with Gasteiger partial charge in [-0.1, -0.05) is 6.07 Å². The van der Waals surface area contributed by atoms with E-state index in [1.54, 1.807) is 42.5 Å². The highest BCUT2D eigenvalue weighted by atomic mass is 19.4. The van der Waals surface area contributed by atoms with Crippen molar-refractivity contribution in [1.82, 2.24) is 34.9 Å². The minimum atomic E-state index is -4.49. The van der Waals surface area contributed by atoms with Crippen molar-refractivity contribution in [1.29, 1.82) is 0 Å². The van der Waals surface area contributed by atoms with Crippen LogP contribution in [0.2, 0.25) is 0 Å². The second-order valence-corrected chi connectivity index (χ2v) is 8.63. The molecule has 12 heteroatoms. The van der Waals surface area contributed by atoms with Crippen LogP contribution in [-0.4, -0.2) is 54.6 Å². The molecule has 3 aromatic heterocycles.